The zero-order valence-electron chi connectivity index (χ0n) is 13.8. The number of amides is 1. The predicted molar refractivity (Wildman–Crippen MR) is 101 cm³/mol. The topological polar surface area (TPSA) is 49.6 Å². The van der Waals surface area contributed by atoms with Crippen LogP contribution in [0.15, 0.2) is 48.7 Å². The lowest BCUT2D eigenvalue weighted by atomic mass is 10.1. The molecule has 0 radical (unpaired) electrons. The lowest BCUT2D eigenvalue weighted by Gasteiger charge is -2.28. The first-order valence-corrected chi connectivity index (χ1v) is 8.88. The van der Waals surface area contributed by atoms with Crippen molar-refractivity contribution in [2.45, 2.75) is 19.3 Å². The number of benzene rings is 1. The molecule has 0 unspecified atom stereocenters. The molecule has 25 heavy (non-hydrogen) atoms. The van der Waals surface area contributed by atoms with Crippen LogP contribution in [0.2, 0.25) is 5.02 Å². The maximum atomic E-state index is 12.4. The Morgan fingerprint density at radius 1 is 1.04 bits per heavy atom. The van der Waals surface area contributed by atoms with Gasteiger partial charge in [-0.25, -0.2) is 4.52 Å². The monoisotopic (exact) mass is 354 g/mol. The van der Waals surface area contributed by atoms with E-state index >= 15 is 0 Å². The minimum atomic E-state index is -0.231. The van der Waals surface area contributed by atoms with Crippen LogP contribution in [0.4, 0.5) is 11.4 Å². The summed E-state index contributed by atoms with van der Waals surface area (Å²) in [4.78, 5) is 14.8. The predicted octanol–water partition coefficient (Wildman–Crippen LogP) is 4.23. The molecule has 0 spiro atoms. The second kappa shape index (κ2) is 6.76. The van der Waals surface area contributed by atoms with Crippen LogP contribution in [0.25, 0.3) is 5.52 Å². The number of nitrogens with zero attached hydrogens (tertiary/aromatic N) is 3. The first kappa shape index (κ1) is 16.0. The number of anilines is 2. The van der Waals surface area contributed by atoms with Crippen molar-refractivity contribution in [2.24, 2.45) is 0 Å². The minimum absolute atomic E-state index is 0.231. The van der Waals surface area contributed by atoms with Crippen molar-refractivity contribution in [3.8, 4) is 0 Å². The molecule has 1 amide bonds. The van der Waals surface area contributed by atoms with Crippen LogP contribution >= 0.6 is 11.6 Å². The number of aromatic nitrogens is 2. The molecular formula is C19H19ClN4O. The highest BCUT2D eigenvalue weighted by Crippen LogP contribution is 2.22. The number of carbonyl (C=O) groups excluding carboxylic acids is 1. The molecule has 3 aromatic rings. The van der Waals surface area contributed by atoms with Gasteiger partial charge in [-0.15, -0.1) is 0 Å². The molecule has 1 saturated heterocycles. The Hall–Kier alpha value is -2.53. The van der Waals surface area contributed by atoms with E-state index in [1.165, 1.54) is 24.9 Å². The van der Waals surface area contributed by atoms with E-state index in [4.69, 9.17) is 11.6 Å². The van der Waals surface area contributed by atoms with Gasteiger partial charge in [-0.05, 0) is 61.7 Å². The molecular weight excluding hydrogens is 336 g/mol. The minimum Gasteiger partial charge on any atom is -0.372 e. The largest absolute Gasteiger partial charge is 0.372 e. The van der Waals surface area contributed by atoms with E-state index < -0.39 is 0 Å². The van der Waals surface area contributed by atoms with E-state index in [1.54, 1.807) is 28.9 Å². The van der Waals surface area contributed by atoms with Crippen LogP contribution in [-0.2, 0) is 0 Å². The highest BCUT2D eigenvalue weighted by molar-refractivity contribution is 6.30. The number of piperidine rings is 1. The summed E-state index contributed by atoms with van der Waals surface area (Å²) < 4.78 is 1.64. The maximum Gasteiger partial charge on any atom is 0.276 e. The zero-order valence-corrected chi connectivity index (χ0v) is 14.5. The molecule has 6 heteroatoms. The van der Waals surface area contributed by atoms with Crippen molar-refractivity contribution in [3.05, 3.63) is 59.4 Å². The smallest absolute Gasteiger partial charge is 0.276 e. The first-order chi connectivity index (χ1) is 12.2. The normalized spacial score (nSPS) is 14.7. The lowest BCUT2D eigenvalue weighted by Crippen LogP contribution is -2.29. The fourth-order valence-corrected chi connectivity index (χ4v) is 3.35. The molecule has 0 aliphatic carbocycles. The Bertz CT molecular complexity index is 897. The van der Waals surface area contributed by atoms with E-state index in [0.29, 0.717) is 10.7 Å². The molecule has 3 heterocycles. The zero-order chi connectivity index (χ0) is 17.2. The number of pyridine rings is 1. The Balaban J connectivity index is 1.47. The fraction of sp³-hybridized carbons (Fsp3) is 0.263. The third kappa shape index (κ3) is 3.46. The van der Waals surface area contributed by atoms with Gasteiger partial charge in [0.05, 0.1) is 5.52 Å². The van der Waals surface area contributed by atoms with E-state index in [9.17, 15) is 4.79 Å². The van der Waals surface area contributed by atoms with Crippen LogP contribution in [0.1, 0.15) is 29.8 Å². The van der Waals surface area contributed by atoms with Crippen LogP contribution in [0, 0.1) is 0 Å². The molecule has 2 aromatic heterocycles. The van der Waals surface area contributed by atoms with Gasteiger partial charge >= 0.3 is 0 Å². The number of halogens is 1. The summed E-state index contributed by atoms with van der Waals surface area (Å²) in [6, 6.07) is 13.2. The van der Waals surface area contributed by atoms with E-state index in [2.05, 4.69) is 27.4 Å². The van der Waals surface area contributed by atoms with Crippen molar-refractivity contribution in [1.29, 1.82) is 0 Å². The molecule has 4 rings (SSSR count). The second-order valence-corrected chi connectivity index (χ2v) is 6.73. The lowest BCUT2D eigenvalue weighted by molar-refractivity contribution is 0.102. The van der Waals surface area contributed by atoms with Crippen LogP contribution in [0.5, 0.6) is 0 Å². The Labute approximate surface area is 151 Å². The van der Waals surface area contributed by atoms with Crippen LogP contribution < -0.4 is 10.2 Å². The van der Waals surface area contributed by atoms with Crippen molar-refractivity contribution in [2.75, 3.05) is 23.3 Å². The summed E-state index contributed by atoms with van der Waals surface area (Å²) in [6.07, 6.45) is 5.55. The van der Waals surface area contributed by atoms with Gasteiger partial charge in [0.2, 0.25) is 0 Å². The average Bonchev–Trinajstić information content (AvgIpc) is 3.06. The summed E-state index contributed by atoms with van der Waals surface area (Å²) >= 11 is 5.97. The van der Waals surface area contributed by atoms with Crippen molar-refractivity contribution >= 4 is 34.4 Å². The number of fused-ring (bicyclic) bond motifs is 1. The third-order valence-corrected chi connectivity index (χ3v) is 4.74. The van der Waals surface area contributed by atoms with Crippen molar-refractivity contribution in [1.82, 2.24) is 9.61 Å². The SMILES string of the molecule is O=C(Nc1ccc(N2CCCCC2)cc1)c1cc2cc(Cl)ccn2n1. The van der Waals surface area contributed by atoms with Gasteiger partial charge in [0.25, 0.3) is 5.91 Å². The van der Waals surface area contributed by atoms with Crippen LogP contribution in [-0.4, -0.2) is 28.6 Å². The highest BCUT2D eigenvalue weighted by Gasteiger charge is 2.13. The fourth-order valence-electron chi connectivity index (χ4n) is 3.18. The summed E-state index contributed by atoms with van der Waals surface area (Å²) in [7, 11) is 0. The molecule has 1 aliphatic heterocycles. The molecule has 128 valence electrons. The summed E-state index contributed by atoms with van der Waals surface area (Å²) in [5.41, 5.74) is 3.13. The number of rotatable bonds is 3. The molecule has 1 aromatic carbocycles. The second-order valence-electron chi connectivity index (χ2n) is 6.29. The molecule has 5 nitrogen and oxygen atoms in total. The van der Waals surface area contributed by atoms with Gasteiger partial charge in [0.1, 0.15) is 0 Å². The van der Waals surface area contributed by atoms with Gasteiger partial charge < -0.3 is 10.2 Å². The Morgan fingerprint density at radius 2 is 1.80 bits per heavy atom. The van der Waals surface area contributed by atoms with Gasteiger partial charge in [-0.3, -0.25) is 4.79 Å². The molecule has 0 bridgehead atoms. The summed E-state index contributed by atoms with van der Waals surface area (Å²) in [5, 5.41) is 7.79. The van der Waals surface area contributed by atoms with Gasteiger partial charge in [-0.1, -0.05) is 11.6 Å². The van der Waals surface area contributed by atoms with Crippen LogP contribution in [0.3, 0.4) is 0 Å². The molecule has 0 saturated carbocycles. The van der Waals surface area contributed by atoms with Gasteiger partial charge in [-0.2, -0.15) is 5.10 Å². The number of hydrogen-bond donors (Lipinski definition) is 1. The highest BCUT2D eigenvalue weighted by atomic mass is 35.5. The quantitative estimate of drug-likeness (QED) is 0.765. The van der Waals surface area contributed by atoms with E-state index in [-0.39, 0.29) is 5.91 Å². The van der Waals surface area contributed by atoms with Crippen molar-refractivity contribution in [3.63, 3.8) is 0 Å². The molecule has 0 atom stereocenters. The van der Waals surface area contributed by atoms with Gasteiger partial charge in [0, 0.05) is 35.7 Å². The van der Waals surface area contributed by atoms with Crippen molar-refractivity contribution < 1.29 is 4.79 Å². The Kier molecular flexibility index (Phi) is 4.32. The number of nitrogens with one attached hydrogen (secondary N) is 1. The summed E-state index contributed by atoms with van der Waals surface area (Å²) in [5.74, 6) is -0.231. The van der Waals surface area contributed by atoms with E-state index in [0.717, 1.165) is 24.3 Å². The molecule has 1 fully saturated rings. The number of carbonyl (C=O) groups is 1. The Morgan fingerprint density at radius 3 is 2.56 bits per heavy atom. The van der Waals surface area contributed by atoms with Gasteiger partial charge in [0.15, 0.2) is 5.69 Å². The average molecular weight is 355 g/mol. The third-order valence-electron chi connectivity index (χ3n) is 4.50. The standard InChI is InChI=1S/C19H19ClN4O/c20-14-8-11-24-17(12-14)13-18(22-24)19(25)21-15-4-6-16(7-5-15)23-9-2-1-3-10-23/h4-8,11-13H,1-3,9-10H2,(H,21,25). The maximum absolute atomic E-state index is 12.4. The number of hydrogen-bond acceptors (Lipinski definition) is 3. The summed E-state index contributed by atoms with van der Waals surface area (Å²) in [6.45, 7) is 2.21. The first-order valence-electron chi connectivity index (χ1n) is 8.50. The van der Waals surface area contributed by atoms with E-state index in [1.807, 2.05) is 12.1 Å². The molecule has 1 N–H and O–H groups in total. The molecule has 1 aliphatic rings.